The topological polar surface area (TPSA) is 19.9 Å². The largest absolute Gasteiger partial charge is 0.371 e. The Labute approximate surface area is 85.9 Å². The molecular weight excluding hydrogens is 172 g/mol. The summed E-state index contributed by atoms with van der Waals surface area (Å²) in [5, 5.41) is 2.23. The number of benzene rings is 1. The molecule has 0 aromatic heterocycles. The van der Waals surface area contributed by atoms with E-state index in [4.69, 9.17) is 0 Å². The van der Waals surface area contributed by atoms with Crippen molar-refractivity contribution in [2.24, 2.45) is 0 Å². The van der Waals surface area contributed by atoms with E-state index in [1.165, 1.54) is 37.2 Å². The van der Waals surface area contributed by atoms with Crippen LogP contribution in [0.3, 0.4) is 0 Å². The van der Waals surface area contributed by atoms with Gasteiger partial charge < -0.3 is 10.2 Å². The van der Waals surface area contributed by atoms with Crippen LogP contribution in [0.25, 0.3) is 0 Å². The molecule has 0 atom stereocenters. The van der Waals surface area contributed by atoms with Crippen LogP contribution in [0.1, 0.15) is 18.4 Å². The Bertz CT molecular complexity index is 290. The van der Waals surface area contributed by atoms with Gasteiger partial charge in [0.25, 0.3) is 0 Å². The number of para-hydroxylation sites is 1. The summed E-state index contributed by atoms with van der Waals surface area (Å²) < 4.78 is 0. The molecule has 1 aliphatic heterocycles. The molecule has 14 heavy (non-hydrogen) atoms. The van der Waals surface area contributed by atoms with E-state index in [9.17, 15) is 0 Å². The third kappa shape index (κ3) is 1.90. The molecule has 1 aliphatic rings. The molecule has 2 N–H and O–H groups in total. The Morgan fingerprint density at radius 1 is 1.21 bits per heavy atom. The van der Waals surface area contributed by atoms with Crippen molar-refractivity contribution >= 4 is 5.69 Å². The van der Waals surface area contributed by atoms with Crippen LogP contribution in [0.5, 0.6) is 0 Å². The molecule has 2 heteroatoms. The van der Waals surface area contributed by atoms with Crippen molar-refractivity contribution < 1.29 is 5.32 Å². The molecule has 1 aromatic carbocycles. The van der Waals surface area contributed by atoms with Crippen molar-refractivity contribution in [1.29, 1.82) is 0 Å². The molecule has 1 heterocycles. The van der Waals surface area contributed by atoms with Gasteiger partial charge in [-0.25, -0.2) is 0 Å². The van der Waals surface area contributed by atoms with Crippen molar-refractivity contribution in [3.63, 3.8) is 0 Å². The highest BCUT2D eigenvalue weighted by atomic mass is 15.1. The maximum absolute atomic E-state index is 2.51. The molecule has 2 rings (SSSR count). The molecule has 76 valence electrons. The van der Waals surface area contributed by atoms with Crippen LogP contribution in [0.15, 0.2) is 24.3 Å². The Kier molecular flexibility index (Phi) is 3.04. The molecule has 0 amide bonds. The third-order valence-corrected chi connectivity index (χ3v) is 2.86. The van der Waals surface area contributed by atoms with Crippen LogP contribution in [0.2, 0.25) is 0 Å². The molecule has 1 aromatic rings. The molecule has 1 fully saturated rings. The molecule has 0 saturated carbocycles. The zero-order valence-electron chi connectivity index (χ0n) is 8.87. The molecule has 0 bridgehead atoms. The Morgan fingerprint density at radius 3 is 2.64 bits per heavy atom. The third-order valence-electron chi connectivity index (χ3n) is 2.86. The average molecular weight is 191 g/mol. The van der Waals surface area contributed by atoms with Crippen molar-refractivity contribution in [3.05, 3.63) is 29.8 Å². The Balaban J connectivity index is 2.21. The molecular formula is C12H19N2+. The fourth-order valence-electron chi connectivity index (χ4n) is 2.17. The van der Waals surface area contributed by atoms with E-state index in [2.05, 4.69) is 41.5 Å². The summed E-state index contributed by atoms with van der Waals surface area (Å²) in [5.74, 6) is 0. The van der Waals surface area contributed by atoms with Crippen LogP contribution >= 0.6 is 0 Å². The maximum atomic E-state index is 2.51. The van der Waals surface area contributed by atoms with Gasteiger partial charge in [-0.2, -0.15) is 0 Å². The van der Waals surface area contributed by atoms with E-state index in [0.717, 1.165) is 6.54 Å². The Morgan fingerprint density at radius 2 is 1.93 bits per heavy atom. The normalized spacial score (nSPS) is 16.2. The van der Waals surface area contributed by atoms with Gasteiger partial charge in [0.05, 0.1) is 7.05 Å². The molecule has 0 unspecified atom stereocenters. The first-order valence-electron chi connectivity index (χ1n) is 5.52. The highest BCUT2D eigenvalue weighted by Crippen LogP contribution is 2.23. The van der Waals surface area contributed by atoms with Gasteiger partial charge in [0.15, 0.2) is 0 Å². The lowest BCUT2D eigenvalue weighted by Gasteiger charge is -2.20. The summed E-state index contributed by atoms with van der Waals surface area (Å²) in [6.45, 7) is 3.56. The number of hydrogen-bond donors (Lipinski definition) is 1. The number of nitrogens with zero attached hydrogens (tertiary/aromatic N) is 1. The van der Waals surface area contributed by atoms with Crippen molar-refractivity contribution in [1.82, 2.24) is 0 Å². The Hall–Kier alpha value is -1.02. The molecule has 1 saturated heterocycles. The summed E-state index contributed by atoms with van der Waals surface area (Å²) in [7, 11) is 2.13. The predicted octanol–water partition coefficient (Wildman–Crippen LogP) is 0.980. The van der Waals surface area contributed by atoms with E-state index in [1.54, 1.807) is 0 Å². The van der Waals surface area contributed by atoms with E-state index in [0.29, 0.717) is 0 Å². The van der Waals surface area contributed by atoms with Crippen molar-refractivity contribution in [2.75, 3.05) is 25.0 Å². The summed E-state index contributed by atoms with van der Waals surface area (Å²) in [5.41, 5.74) is 2.92. The molecule has 0 spiro atoms. The summed E-state index contributed by atoms with van der Waals surface area (Å²) >= 11 is 0. The zero-order valence-corrected chi connectivity index (χ0v) is 8.87. The zero-order chi connectivity index (χ0) is 9.80. The number of rotatable bonds is 3. The minimum absolute atomic E-state index is 1.09. The number of quaternary nitrogens is 1. The van der Waals surface area contributed by atoms with E-state index in [-0.39, 0.29) is 0 Å². The summed E-state index contributed by atoms with van der Waals surface area (Å²) in [4.78, 5) is 2.51. The van der Waals surface area contributed by atoms with Gasteiger partial charge >= 0.3 is 0 Å². The monoisotopic (exact) mass is 191 g/mol. The van der Waals surface area contributed by atoms with E-state index < -0.39 is 0 Å². The lowest BCUT2D eigenvalue weighted by molar-refractivity contribution is -0.643. The molecule has 0 radical (unpaired) electrons. The first kappa shape index (κ1) is 9.53. The lowest BCUT2D eigenvalue weighted by atomic mass is 10.1. The highest BCUT2D eigenvalue weighted by molar-refractivity contribution is 5.53. The average Bonchev–Trinajstić information content (AvgIpc) is 2.72. The maximum Gasteiger partial charge on any atom is 0.103 e. The van der Waals surface area contributed by atoms with Crippen LogP contribution in [-0.4, -0.2) is 20.1 Å². The van der Waals surface area contributed by atoms with E-state index >= 15 is 0 Å². The van der Waals surface area contributed by atoms with Gasteiger partial charge in [0.1, 0.15) is 6.54 Å². The smallest absolute Gasteiger partial charge is 0.103 e. The fourth-order valence-corrected chi connectivity index (χ4v) is 2.17. The van der Waals surface area contributed by atoms with E-state index in [1.807, 2.05) is 0 Å². The number of hydrogen-bond acceptors (Lipinski definition) is 1. The number of anilines is 1. The minimum atomic E-state index is 1.09. The van der Waals surface area contributed by atoms with Crippen LogP contribution in [-0.2, 0) is 6.54 Å². The van der Waals surface area contributed by atoms with Crippen LogP contribution < -0.4 is 10.2 Å². The fraction of sp³-hybridized carbons (Fsp3) is 0.500. The van der Waals surface area contributed by atoms with Gasteiger partial charge in [0, 0.05) is 24.3 Å². The molecule has 0 aliphatic carbocycles. The standard InChI is InChI=1S/C12H18N2/c1-13-10-11-6-2-3-7-12(11)14-8-4-5-9-14/h2-3,6-7,13H,4-5,8-10H2,1H3/p+1. The lowest BCUT2D eigenvalue weighted by Crippen LogP contribution is -2.77. The van der Waals surface area contributed by atoms with Crippen LogP contribution in [0.4, 0.5) is 5.69 Å². The van der Waals surface area contributed by atoms with Gasteiger partial charge in [-0.1, -0.05) is 18.2 Å². The summed E-state index contributed by atoms with van der Waals surface area (Å²) in [6.07, 6.45) is 2.70. The number of nitrogens with two attached hydrogens (primary N) is 1. The highest BCUT2D eigenvalue weighted by Gasteiger charge is 2.15. The second-order valence-corrected chi connectivity index (χ2v) is 3.94. The van der Waals surface area contributed by atoms with Gasteiger partial charge in [0.2, 0.25) is 0 Å². The molecule has 2 nitrogen and oxygen atoms in total. The first-order chi connectivity index (χ1) is 6.92. The van der Waals surface area contributed by atoms with Gasteiger partial charge in [-0.15, -0.1) is 0 Å². The van der Waals surface area contributed by atoms with Crippen molar-refractivity contribution in [2.45, 2.75) is 19.4 Å². The van der Waals surface area contributed by atoms with Gasteiger partial charge in [-0.3, -0.25) is 0 Å². The predicted molar refractivity (Wildman–Crippen MR) is 59.4 cm³/mol. The minimum Gasteiger partial charge on any atom is -0.371 e. The quantitative estimate of drug-likeness (QED) is 0.755. The summed E-state index contributed by atoms with van der Waals surface area (Å²) in [6, 6.07) is 8.78. The second-order valence-electron chi connectivity index (χ2n) is 3.94. The van der Waals surface area contributed by atoms with Gasteiger partial charge in [-0.05, 0) is 18.9 Å². The SMILES string of the molecule is C[NH2+]Cc1ccccc1N1CCCC1. The second kappa shape index (κ2) is 4.47. The van der Waals surface area contributed by atoms with Crippen molar-refractivity contribution in [3.8, 4) is 0 Å². The van der Waals surface area contributed by atoms with Crippen LogP contribution in [0, 0.1) is 0 Å². The first-order valence-corrected chi connectivity index (χ1v) is 5.52.